The van der Waals surface area contributed by atoms with Gasteiger partial charge in [-0.3, -0.25) is 4.79 Å². The Balaban J connectivity index is 0.000000262. The van der Waals surface area contributed by atoms with Crippen molar-refractivity contribution >= 4 is 16.9 Å². The van der Waals surface area contributed by atoms with Gasteiger partial charge in [0.15, 0.2) is 0 Å². The smallest absolute Gasteiger partial charge is 0.334 e. The van der Waals surface area contributed by atoms with E-state index in [0.29, 0.717) is 5.75 Å². The van der Waals surface area contributed by atoms with Crippen molar-refractivity contribution in [2.75, 3.05) is 0 Å². The fourth-order valence-electron chi connectivity index (χ4n) is 0.524. The quantitative estimate of drug-likeness (QED) is 0.313. The lowest BCUT2D eigenvalue weighted by Gasteiger charge is -1.91. The van der Waals surface area contributed by atoms with Gasteiger partial charge in [-0.1, -0.05) is 18.2 Å². The number of nitrogens with zero attached hydrogens (tertiary/aromatic N) is 2. The molecule has 0 aliphatic rings. The van der Waals surface area contributed by atoms with E-state index in [1.807, 2.05) is 6.07 Å². The van der Waals surface area contributed by atoms with Crippen molar-refractivity contribution in [1.29, 1.82) is 0 Å². The van der Waals surface area contributed by atoms with Gasteiger partial charge in [-0.25, -0.2) is 5.84 Å². The Kier molecular flexibility index (Phi) is 6.51. The molecule has 0 heterocycles. The number of hydrogen-bond acceptors (Lipinski definition) is 6. The average molecular weight is 231 g/mol. The van der Waals surface area contributed by atoms with Crippen LogP contribution in [0.2, 0.25) is 0 Å². The van der Waals surface area contributed by atoms with Crippen LogP contribution in [0.25, 0.3) is 0 Å². The van der Waals surface area contributed by atoms with Crippen LogP contribution in [-0.2, 0) is 15.3 Å². The Labute approximate surface area is 87.4 Å². The molecule has 1 rings (SSSR count). The summed E-state index contributed by atoms with van der Waals surface area (Å²) >= 11 is 0. The Morgan fingerprint density at radius 1 is 1.33 bits per heavy atom. The normalized spacial score (nSPS) is 8.07. The summed E-state index contributed by atoms with van der Waals surface area (Å²) in [6, 6.07) is 8.71. The van der Waals surface area contributed by atoms with E-state index in [9.17, 15) is 13.2 Å². The summed E-state index contributed by atoms with van der Waals surface area (Å²) in [5, 5.41) is 8.79. The molecular formula is C7H9N3O4S. The number of rotatable bonds is 2. The molecule has 0 aliphatic carbocycles. The molecule has 15 heavy (non-hydrogen) atoms. The highest BCUT2D eigenvalue weighted by Crippen LogP contribution is 2.02. The van der Waals surface area contributed by atoms with Gasteiger partial charge in [0.1, 0.15) is 5.75 Å². The van der Waals surface area contributed by atoms with Crippen LogP contribution >= 0.6 is 0 Å². The first-order chi connectivity index (χ1) is 7.06. The maximum Gasteiger partial charge on any atom is 0.334 e. The molecule has 0 aromatic heterocycles. The summed E-state index contributed by atoms with van der Waals surface area (Å²) in [6.45, 7) is 0. The van der Waals surface area contributed by atoms with Gasteiger partial charge in [0.05, 0.1) is 0 Å². The van der Waals surface area contributed by atoms with E-state index in [1.54, 1.807) is 24.3 Å². The van der Waals surface area contributed by atoms with E-state index >= 15 is 0 Å². The molecule has 0 fully saturated rings. The van der Waals surface area contributed by atoms with Gasteiger partial charge in [-0.05, 0) is 16.6 Å². The predicted octanol–water partition coefficient (Wildman–Crippen LogP) is -0.312. The molecule has 1 amide bonds. The first kappa shape index (κ1) is 13.1. The van der Waals surface area contributed by atoms with Gasteiger partial charge >= 0.3 is 10.5 Å². The van der Waals surface area contributed by atoms with Crippen LogP contribution in [0.5, 0.6) is 5.75 Å². The number of nitrogens with two attached hydrogens (primary N) is 1. The molecule has 0 saturated heterocycles. The molecule has 8 heteroatoms. The van der Waals surface area contributed by atoms with Crippen molar-refractivity contribution < 1.29 is 18.3 Å². The third kappa shape index (κ3) is 8.40. The van der Waals surface area contributed by atoms with Crippen LogP contribution in [0.1, 0.15) is 0 Å². The number of amides is 1. The molecule has 0 saturated carbocycles. The molecule has 0 bridgehead atoms. The first-order valence-electron chi connectivity index (χ1n) is 3.60. The standard InChI is InChI=1S/C6H6O.CH3N3O3S/c7-6-4-2-1-3-5-6;2-4(1-5)3-8(6)7/h1-5,7H;1H,2H2. The minimum absolute atomic E-state index is 0.0653. The third-order valence-corrected chi connectivity index (χ3v) is 1.35. The highest BCUT2D eigenvalue weighted by molar-refractivity contribution is 7.61. The Morgan fingerprint density at radius 3 is 2.07 bits per heavy atom. The van der Waals surface area contributed by atoms with E-state index in [-0.39, 0.29) is 11.5 Å². The summed E-state index contributed by atoms with van der Waals surface area (Å²) in [5.41, 5.74) is 0. The zero-order valence-corrected chi connectivity index (χ0v) is 8.33. The second kappa shape index (κ2) is 7.47. The molecule has 0 radical (unpaired) electrons. The van der Waals surface area contributed by atoms with E-state index in [2.05, 4.69) is 10.3 Å². The predicted molar refractivity (Wildman–Crippen MR) is 51.5 cm³/mol. The number of hydrazine groups is 1. The number of benzene rings is 1. The van der Waals surface area contributed by atoms with Crippen LogP contribution in [0.4, 0.5) is 0 Å². The topological polar surface area (TPSA) is 113 Å². The second-order valence-corrected chi connectivity index (χ2v) is 2.72. The zero-order chi connectivity index (χ0) is 11.7. The van der Waals surface area contributed by atoms with Crippen molar-refractivity contribution in [2.24, 2.45) is 10.3 Å². The lowest BCUT2D eigenvalue weighted by molar-refractivity contribution is -0.118. The van der Waals surface area contributed by atoms with Crippen molar-refractivity contribution in [1.82, 2.24) is 5.12 Å². The Morgan fingerprint density at radius 2 is 1.87 bits per heavy atom. The van der Waals surface area contributed by atoms with Gasteiger partial charge in [0.2, 0.25) is 6.41 Å². The number of carbonyl (C=O) groups excluding carboxylic acids is 1. The molecule has 1 aromatic rings. The largest absolute Gasteiger partial charge is 0.508 e. The minimum Gasteiger partial charge on any atom is -0.508 e. The van der Waals surface area contributed by atoms with Crippen molar-refractivity contribution in [2.45, 2.75) is 0 Å². The molecule has 0 spiro atoms. The molecule has 0 aliphatic heterocycles. The summed E-state index contributed by atoms with van der Waals surface area (Å²) in [4.78, 5) is 9.47. The van der Waals surface area contributed by atoms with Crippen molar-refractivity contribution in [3.63, 3.8) is 0 Å². The van der Waals surface area contributed by atoms with Crippen LogP contribution in [0.3, 0.4) is 0 Å². The van der Waals surface area contributed by atoms with E-state index in [0.717, 1.165) is 0 Å². The summed E-state index contributed by atoms with van der Waals surface area (Å²) < 4.78 is 21.6. The van der Waals surface area contributed by atoms with E-state index < -0.39 is 10.5 Å². The number of phenols is 1. The Bertz CT molecular complexity index is 409. The third-order valence-electron chi connectivity index (χ3n) is 1.03. The van der Waals surface area contributed by atoms with Gasteiger partial charge in [0, 0.05) is 0 Å². The second-order valence-electron chi connectivity index (χ2n) is 2.12. The van der Waals surface area contributed by atoms with Gasteiger partial charge in [-0.15, -0.1) is 0 Å². The van der Waals surface area contributed by atoms with E-state index in [1.165, 1.54) is 0 Å². The summed E-state index contributed by atoms with van der Waals surface area (Å²) in [6.07, 6.45) is 0.0653. The number of hydrogen-bond donors (Lipinski definition) is 2. The van der Waals surface area contributed by atoms with Crippen LogP contribution in [0, 0.1) is 0 Å². The molecule has 1 aromatic carbocycles. The Hall–Kier alpha value is -1.93. The number of phenolic OH excluding ortho intramolecular Hbond substituents is 1. The monoisotopic (exact) mass is 231 g/mol. The summed E-state index contributed by atoms with van der Waals surface area (Å²) in [7, 11) is -2.65. The average Bonchev–Trinajstić information content (AvgIpc) is 2.19. The van der Waals surface area contributed by atoms with Crippen molar-refractivity contribution in [3.8, 4) is 5.75 Å². The molecule has 3 N–H and O–H groups in total. The minimum atomic E-state index is -2.65. The fraction of sp³-hybridized carbons (Fsp3) is 0. The molecule has 82 valence electrons. The van der Waals surface area contributed by atoms with Gasteiger partial charge < -0.3 is 5.11 Å². The first-order valence-corrected chi connectivity index (χ1v) is 4.63. The highest BCUT2D eigenvalue weighted by atomic mass is 32.2. The highest BCUT2D eigenvalue weighted by Gasteiger charge is 1.83. The maximum absolute atomic E-state index is 9.52. The molecule has 7 nitrogen and oxygen atoms in total. The van der Waals surface area contributed by atoms with Crippen molar-refractivity contribution in [3.05, 3.63) is 30.3 Å². The van der Waals surface area contributed by atoms with E-state index in [4.69, 9.17) is 5.11 Å². The number of para-hydroxylation sites is 1. The number of aromatic hydroxyl groups is 1. The molecule has 0 unspecified atom stereocenters. The fourth-order valence-corrected chi connectivity index (χ4v) is 0.717. The van der Waals surface area contributed by atoms with Crippen LogP contribution < -0.4 is 5.84 Å². The number of carbonyl (C=O) groups is 1. The van der Waals surface area contributed by atoms with Crippen LogP contribution in [-0.4, -0.2) is 25.1 Å². The van der Waals surface area contributed by atoms with Gasteiger partial charge in [-0.2, -0.15) is 13.5 Å². The zero-order valence-electron chi connectivity index (χ0n) is 7.52. The molecule has 0 atom stereocenters. The maximum atomic E-state index is 9.52. The van der Waals surface area contributed by atoms with Gasteiger partial charge in [0.25, 0.3) is 0 Å². The van der Waals surface area contributed by atoms with Crippen LogP contribution in [0.15, 0.2) is 34.8 Å². The summed E-state index contributed by atoms with van der Waals surface area (Å²) in [5.74, 6) is 4.90. The SMILES string of the molecule is NN(C=O)N=S(=O)=O.Oc1ccccc1. The molecular weight excluding hydrogens is 222 g/mol. The lowest BCUT2D eigenvalue weighted by Crippen LogP contribution is -2.22. The lowest BCUT2D eigenvalue weighted by atomic mass is 10.3.